The molecule has 0 bridgehead atoms. The van der Waals surface area contributed by atoms with Crippen molar-refractivity contribution in [3.8, 4) is 6.19 Å². The van der Waals surface area contributed by atoms with Crippen LogP contribution >= 0.6 is 43.6 Å². The highest BCUT2D eigenvalue weighted by atomic mass is 79.9. The Hall–Kier alpha value is -0.510. The number of hydrogen-bond donors (Lipinski definition) is 1. The lowest BCUT2D eigenvalue weighted by Crippen LogP contribution is -2.12. The molecule has 0 radical (unpaired) electrons. The largest absolute Gasteiger partial charge is 0.271 e. The van der Waals surface area contributed by atoms with Gasteiger partial charge in [-0.25, -0.2) is 4.99 Å². The first kappa shape index (κ1) is 12.6. The van der Waals surface area contributed by atoms with Crippen LogP contribution in [0.2, 0.25) is 0 Å². The molecule has 6 heteroatoms. The van der Waals surface area contributed by atoms with E-state index in [0.717, 1.165) is 14.6 Å². The standard InChI is InChI=1S/C9H7Br2N3S/c1-15-9(13-5-12)14-8-6(10)3-2-4-7(8)11/h2-4H,1H3,(H,13,14). The highest BCUT2D eigenvalue weighted by molar-refractivity contribution is 9.11. The van der Waals surface area contributed by atoms with Gasteiger partial charge < -0.3 is 0 Å². The molecule has 0 fully saturated rings. The summed E-state index contributed by atoms with van der Waals surface area (Å²) in [7, 11) is 0. The van der Waals surface area contributed by atoms with E-state index >= 15 is 0 Å². The Kier molecular flexibility index (Phi) is 5.15. The lowest BCUT2D eigenvalue weighted by atomic mass is 10.3. The van der Waals surface area contributed by atoms with Crippen LogP contribution in [0.3, 0.4) is 0 Å². The SMILES string of the molecule is CSC(=Nc1c(Br)cccc1Br)NC#N. The van der Waals surface area contributed by atoms with Crippen LogP contribution in [0, 0.1) is 11.5 Å². The van der Waals surface area contributed by atoms with Crippen LogP contribution in [0.25, 0.3) is 0 Å². The third kappa shape index (κ3) is 3.52. The van der Waals surface area contributed by atoms with E-state index in [1.807, 2.05) is 30.6 Å². The van der Waals surface area contributed by atoms with Crippen molar-refractivity contribution in [1.29, 1.82) is 5.26 Å². The summed E-state index contributed by atoms with van der Waals surface area (Å²) in [5, 5.41) is 11.6. The van der Waals surface area contributed by atoms with Gasteiger partial charge >= 0.3 is 0 Å². The van der Waals surface area contributed by atoms with Crippen molar-refractivity contribution in [2.45, 2.75) is 0 Å². The van der Waals surface area contributed by atoms with Crippen LogP contribution < -0.4 is 5.32 Å². The fraction of sp³-hybridized carbons (Fsp3) is 0.111. The van der Waals surface area contributed by atoms with E-state index in [2.05, 4.69) is 42.2 Å². The number of thioether (sulfide) groups is 1. The zero-order valence-corrected chi connectivity index (χ0v) is 11.8. The summed E-state index contributed by atoms with van der Waals surface area (Å²) in [4.78, 5) is 4.32. The van der Waals surface area contributed by atoms with Crippen molar-refractivity contribution in [2.24, 2.45) is 4.99 Å². The molecule has 1 N–H and O–H groups in total. The maximum Gasteiger partial charge on any atom is 0.183 e. The molecule has 0 aliphatic rings. The van der Waals surface area contributed by atoms with Gasteiger partial charge in [-0.3, -0.25) is 5.32 Å². The Balaban J connectivity index is 3.11. The lowest BCUT2D eigenvalue weighted by Gasteiger charge is -2.03. The van der Waals surface area contributed by atoms with Gasteiger partial charge in [-0.15, -0.1) is 0 Å². The van der Waals surface area contributed by atoms with Crippen LogP contribution in [0.5, 0.6) is 0 Å². The van der Waals surface area contributed by atoms with Crippen LogP contribution in [-0.4, -0.2) is 11.4 Å². The van der Waals surface area contributed by atoms with Gasteiger partial charge in [0.1, 0.15) is 0 Å². The first-order valence-corrected chi connectivity index (χ1v) is 6.72. The topological polar surface area (TPSA) is 48.2 Å². The van der Waals surface area contributed by atoms with E-state index in [0.29, 0.717) is 5.17 Å². The highest BCUT2D eigenvalue weighted by Crippen LogP contribution is 2.33. The Morgan fingerprint density at radius 2 is 2.07 bits per heavy atom. The van der Waals surface area contributed by atoms with Crippen LogP contribution in [-0.2, 0) is 0 Å². The first-order valence-electron chi connectivity index (χ1n) is 3.91. The van der Waals surface area contributed by atoms with Crippen LogP contribution in [0.1, 0.15) is 0 Å². The molecular weight excluding hydrogens is 342 g/mol. The van der Waals surface area contributed by atoms with E-state index in [4.69, 9.17) is 5.26 Å². The smallest absolute Gasteiger partial charge is 0.183 e. The Labute approximate surface area is 109 Å². The van der Waals surface area contributed by atoms with Crippen molar-refractivity contribution >= 4 is 54.5 Å². The molecule has 1 aromatic rings. The van der Waals surface area contributed by atoms with Crippen LogP contribution in [0.4, 0.5) is 5.69 Å². The van der Waals surface area contributed by atoms with E-state index in [1.54, 1.807) is 0 Å². The minimum absolute atomic E-state index is 0.560. The molecule has 0 atom stereocenters. The zero-order chi connectivity index (χ0) is 11.3. The van der Waals surface area contributed by atoms with Gasteiger partial charge in [0.2, 0.25) is 0 Å². The van der Waals surface area contributed by atoms with Crippen LogP contribution in [0.15, 0.2) is 32.1 Å². The summed E-state index contributed by atoms with van der Waals surface area (Å²) in [6.07, 6.45) is 3.70. The van der Waals surface area contributed by atoms with Crippen molar-refractivity contribution in [3.05, 3.63) is 27.1 Å². The number of halogens is 2. The summed E-state index contributed by atoms with van der Waals surface area (Å²) >= 11 is 8.18. The maximum atomic E-state index is 8.51. The molecule has 0 aliphatic heterocycles. The number of nitrogens with zero attached hydrogens (tertiary/aromatic N) is 2. The first-order chi connectivity index (χ1) is 7.19. The Bertz CT molecular complexity index is 406. The molecule has 1 aromatic carbocycles. The number of nitriles is 1. The number of para-hydroxylation sites is 1. The average molecular weight is 349 g/mol. The van der Waals surface area contributed by atoms with Gasteiger partial charge in [0, 0.05) is 8.95 Å². The second-order valence-corrected chi connectivity index (χ2v) is 4.93. The maximum absolute atomic E-state index is 8.51. The van der Waals surface area contributed by atoms with E-state index < -0.39 is 0 Å². The molecule has 1 rings (SSSR count). The number of amidine groups is 1. The molecule has 0 amide bonds. The predicted molar refractivity (Wildman–Crippen MR) is 71.2 cm³/mol. The number of benzene rings is 1. The summed E-state index contributed by atoms with van der Waals surface area (Å²) in [6, 6.07) is 5.70. The van der Waals surface area contributed by atoms with Gasteiger partial charge in [-0.1, -0.05) is 17.8 Å². The molecule has 0 aliphatic carbocycles. The van der Waals surface area contributed by atoms with E-state index in [9.17, 15) is 0 Å². The molecule has 0 heterocycles. The van der Waals surface area contributed by atoms with Gasteiger partial charge in [0.15, 0.2) is 11.4 Å². The van der Waals surface area contributed by atoms with E-state index in [1.165, 1.54) is 11.8 Å². The summed E-state index contributed by atoms with van der Waals surface area (Å²) in [5.41, 5.74) is 0.768. The van der Waals surface area contributed by atoms with Crippen molar-refractivity contribution in [2.75, 3.05) is 6.26 Å². The molecule has 0 unspecified atom stereocenters. The normalized spacial score (nSPS) is 10.9. The quantitative estimate of drug-likeness (QED) is 0.365. The molecule has 78 valence electrons. The van der Waals surface area contributed by atoms with E-state index in [-0.39, 0.29) is 0 Å². The molecular formula is C9H7Br2N3S. The van der Waals surface area contributed by atoms with Gasteiger partial charge in [0.05, 0.1) is 5.69 Å². The van der Waals surface area contributed by atoms with Gasteiger partial charge in [-0.05, 0) is 50.2 Å². The molecule has 0 saturated carbocycles. The predicted octanol–water partition coefficient (Wildman–Crippen LogP) is 3.63. The zero-order valence-electron chi connectivity index (χ0n) is 7.79. The minimum Gasteiger partial charge on any atom is -0.271 e. The van der Waals surface area contributed by atoms with Gasteiger partial charge in [0.25, 0.3) is 0 Å². The van der Waals surface area contributed by atoms with Crippen molar-refractivity contribution < 1.29 is 0 Å². The number of rotatable bonds is 1. The van der Waals surface area contributed by atoms with Gasteiger partial charge in [-0.2, -0.15) is 5.26 Å². The average Bonchev–Trinajstić information content (AvgIpc) is 2.22. The number of nitrogens with one attached hydrogen (secondary N) is 1. The second-order valence-electron chi connectivity index (χ2n) is 2.43. The fourth-order valence-corrected chi connectivity index (χ4v) is 2.38. The Morgan fingerprint density at radius 1 is 1.47 bits per heavy atom. The monoisotopic (exact) mass is 347 g/mol. The third-order valence-corrected chi connectivity index (χ3v) is 3.37. The second kappa shape index (κ2) is 6.16. The minimum atomic E-state index is 0.560. The van der Waals surface area contributed by atoms with Crippen molar-refractivity contribution in [3.63, 3.8) is 0 Å². The highest BCUT2D eigenvalue weighted by Gasteiger charge is 2.04. The lowest BCUT2D eigenvalue weighted by molar-refractivity contribution is 1.27. The summed E-state index contributed by atoms with van der Waals surface area (Å²) in [6.45, 7) is 0. The molecule has 0 spiro atoms. The summed E-state index contributed by atoms with van der Waals surface area (Å²) in [5.74, 6) is 0. The number of hydrogen-bond acceptors (Lipinski definition) is 3. The fourth-order valence-electron chi connectivity index (χ4n) is 0.870. The third-order valence-electron chi connectivity index (χ3n) is 1.51. The molecule has 0 aromatic heterocycles. The molecule has 15 heavy (non-hydrogen) atoms. The molecule has 3 nitrogen and oxygen atoms in total. The Morgan fingerprint density at radius 3 is 2.53 bits per heavy atom. The summed E-state index contributed by atoms with van der Waals surface area (Å²) < 4.78 is 1.76. The molecule has 0 saturated heterocycles. The number of aliphatic imine (C=N–C) groups is 1. The van der Waals surface area contributed by atoms with Crippen molar-refractivity contribution in [1.82, 2.24) is 5.32 Å².